The molecule has 0 saturated heterocycles. The van der Waals surface area contributed by atoms with Crippen LogP contribution in [0.15, 0.2) is 18.2 Å². The van der Waals surface area contributed by atoms with Crippen LogP contribution in [0.25, 0.3) is 0 Å². The number of hydrogen-bond acceptors (Lipinski definition) is 4. The maximum absolute atomic E-state index is 11.7. The lowest BCUT2D eigenvalue weighted by Gasteiger charge is -2.11. The number of phenolic OH excluding ortho intramolecular Hbond substituents is 1. The zero-order valence-corrected chi connectivity index (χ0v) is 9.81. The van der Waals surface area contributed by atoms with Crippen molar-refractivity contribution in [2.45, 2.75) is 19.8 Å². The largest absolute Gasteiger partial charge is 0.508 e. The second-order valence-electron chi connectivity index (χ2n) is 4.08. The summed E-state index contributed by atoms with van der Waals surface area (Å²) in [5.41, 5.74) is 0.943. The van der Waals surface area contributed by atoms with Crippen LogP contribution in [0.4, 0.5) is 0 Å². The average molecular weight is 236 g/mol. The van der Waals surface area contributed by atoms with Gasteiger partial charge in [0.25, 0.3) is 0 Å². The highest BCUT2D eigenvalue weighted by Crippen LogP contribution is 2.30. The van der Waals surface area contributed by atoms with Gasteiger partial charge in [0.15, 0.2) is 0 Å². The molecule has 1 N–H and O–H groups in total. The first-order chi connectivity index (χ1) is 8.20. The molecule has 1 aliphatic heterocycles. The fourth-order valence-corrected chi connectivity index (χ4v) is 1.99. The first-order valence-electron chi connectivity index (χ1n) is 5.82. The van der Waals surface area contributed by atoms with Gasteiger partial charge in [-0.3, -0.25) is 4.79 Å². The number of fused-ring (bicyclic) bond motifs is 1. The zero-order valence-electron chi connectivity index (χ0n) is 9.81. The van der Waals surface area contributed by atoms with E-state index in [0.717, 1.165) is 5.56 Å². The molecule has 0 bridgehead atoms. The Morgan fingerprint density at radius 3 is 3.18 bits per heavy atom. The predicted molar refractivity (Wildman–Crippen MR) is 62.0 cm³/mol. The van der Waals surface area contributed by atoms with Crippen molar-refractivity contribution in [3.8, 4) is 11.5 Å². The van der Waals surface area contributed by atoms with Crippen LogP contribution in [0.1, 0.15) is 18.9 Å². The number of phenols is 1. The van der Waals surface area contributed by atoms with Gasteiger partial charge in [0.05, 0.1) is 19.1 Å². The normalized spacial score (nSPS) is 18.8. The number of aromatic hydroxyl groups is 1. The van der Waals surface area contributed by atoms with Crippen molar-refractivity contribution < 1.29 is 19.4 Å². The van der Waals surface area contributed by atoms with Gasteiger partial charge in [0.1, 0.15) is 11.5 Å². The smallest absolute Gasteiger partial charge is 0.309 e. The van der Waals surface area contributed by atoms with Crippen molar-refractivity contribution in [2.75, 3.05) is 13.2 Å². The molecule has 17 heavy (non-hydrogen) atoms. The Morgan fingerprint density at radius 1 is 1.59 bits per heavy atom. The SMILES string of the molecule is CCOC(=O)C1CCOc2cc(O)ccc2C1. The Morgan fingerprint density at radius 2 is 2.41 bits per heavy atom. The van der Waals surface area contributed by atoms with E-state index in [1.54, 1.807) is 25.1 Å². The average Bonchev–Trinajstić information content (AvgIpc) is 2.51. The lowest BCUT2D eigenvalue weighted by atomic mass is 9.97. The number of carbonyl (C=O) groups is 1. The molecule has 1 unspecified atom stereocenters. The topological polar surface area (TPSA) is 55.8 Å². The van der Waals surface area contributed by atoms with E-state index in [4.69, 9.17) is 9.47 Å². The Labute approximate surface area is 100 Å². The number of esters is 1. The second-order valence-corrected chi connectivity index (χ2v) is 4.08. The van der Waals surface area contributed by atoms with E-state index < -0.39 is 0 Å². The minimum Gasteiger partial charge on any atom is -0.508 e. The van der Waals surface area contributed by atoms with Gasteiger partial charge < -0.3 is 14.6 Å². The molecule has 1 heterocycles. The van der Waals surface area contributed by atoms with Crippen LogP contribution in [-0.4, -0.2) is 24.3 Å². The number of benzene rings is 1. The number of ether oxygens (including phenoxy) is 2. The van der Waals surface area contributed by atoms with Gasteiger partial charge in [-0.2, -0.15) is 0 Å². The Kier molecular flexibility index (Phi) is 3.52. The van der Waals surface area contributed by atoms with Crippen molar-refractivity contribution in [1.82, 2.24) is 0 Å². The molecule has 1 aliphatic rings. The summed E-state index contributed by atoms with van der Waals surface area (Å²) >= 11 is 0. The molecule has 4 heteroatoms. The molecule has 0 amide bonds. The molecule has 0 aliphatic carbocycles. The van der Waals surface area contributed by atoms with Gasteiger partial charge in [0.2, 0.25) is 0 Å². The van der Waals surface area contributed by atoms with Gasteiger partial charge in [-0.25, -0.2) is 0 Å². The van der Waals surface area contributed by atoms with Crippen LogP contribution in [0.3, 0.4) is 0 Å². The fourth-order valence-electron chi connectivity index (χ4n) is 1.99. The quantitative estimate of drug-likeness (QED) is 0.797. The molecular weight excluding hydrogens is 220 g/mol. The number of rotatable bonds is 2. The minimum atomic E-state index is -0.169. The van der Waals surface area contributed by atoms with Gasteiger partial charge in [-0.15, -0.1) is 0 Å². The summed E-state index contributed by atoms with van der Waals surface area (Å²) in [4.78, 5) is 11.7. The van der Waals surface area contributed by atoms with Crippen LogP contribution in [0.5, 0.6) is 11.5 Å². The third-order valence-corrected chi connectivity index (χ3v) is 2.86. The predicted octanol–water partition coefficient (Wildman–Crippen LogP) is 1.90. The van der Waals surface area contributed by atoms with Crippen molar-refractivity contribution in [2.24, 2.45) is 5.92 Å². The second kappa shape index (κ2) is 5.08. The minimum absolute atomic E-state index is 0.152. The summed E-state index contributed by atoms with van der Waals surface area (Å²) in [6, 6.07) is 4.99. The van der Waals surface area contributed by atoms with Gasteiger partial charge in [-0.05, 0) is 31.4 Å². The Hall–Kier alpha value is -1.71. The molecule has 2 rings (SSSR count). The summed E-state index contributed by atoms with van der Waals surface area (Å²) in [7, 11) is 0. The summed E-state index contributed by atoms with van der Waals surface area (Å²) < 4.78 is 10.6. The van der Waals surface area contributed by atoms with Crippen molar-refractivity contribution in [3.63, 3.8) is 0 Å². The lowest BCUT2D eigenvalue weighted by Crippen LogP contribution is -2.20. The number of carbonyl (C=O) groups excluding carboxylic acids is 1. The van der Waals surface area contributed by atoms with Crippen LogP contribution in [0, 0.1) is 5.92 Å². The van der Waals surface area contributed by atoms with Crippen molar-refractivity contribution >= 4 is 5.97 Å². The summed E-state index contributed by atoms with van der Waals surface area (Å²) in [5, 5.41) is 9.37. The molecule has 92 valence electrons. The maximum atomic E-state index is 11.7. The fraction of sp³-hybridized carbons (Fsp3) is 0.462. The lowest BCUT2D eigenvalue weighted by molar-refractivity contribution is -0.148. The van der Waals surface area contributed by atoms with E-state index in [9.17, 15) is 9.90 Å². The van der Waals surface area contributed by atoms with Crippen LogP contribution in [0.2, 0.25) is 0 Å². The highest BCUT2D eigenvalue weighted by molar-refractivity contribution is 5.73. The molecule has 0 fully saturated rings. The molecule has 1 aromatic carbocycles. The molecule has 0 saturated carbocycles. The molecule has 1 atom stereocenters. The summed E-state index contributed by atoms with van der Waals surface area (Å²) in [6.07, 6.45) is 1.25. The van der Waals surface area contributed by atoms with Gasteiger partial charge >= 0.3 is 5.97 Å². The van der Waals surface area contributed by atoms with Crippen LogP contribution < -0.4 is 4.74 Å². The van der Waals surface area contributed by atoms with E-state index >= 15 is 0 Å². The first-order valence-corrected chi connectivity index (χ1v) is 5.82. The first kappa shape index (κ1) is 11.8. The molecule has 0 radical (unpaired) electrons. The summed E-state index contributed by atoms with van der Waals surface area (Å²) in [6.45, 7) is 2.68. The standard InChI is InChI=1S/C13H16O4/c1-2-16-13(15)10-5-6-17-12-8-11(14)4-3-9(12)7-10/h3-4,8,10,14H,2,5-7H2,1H3. The highest BCUT2D eigenvalue weighted by atomic mass is 16.5. The van der Waals surface area contributed by atoms with E-state index in [2.05, 4.69) is 0 Å². The third-order valence-electron chi connectivity index (χ3n) is 2.86. The van der Waals surface area contributed by atoms with E-state index in [1.165, 1.54) is 0 Å². The Bertz CT molecular complexity index is 414. The van der Waals surface area contributed by atoms with Gasteiger partial charge in [-0.1, -0.05) is 6.07 Å². The van der Waals surface area contributed by atoms with E-state index in [0.29, 0.717) is 31.8 Å². The molecule has 0 aromatic heterocycles. The van der Waals surface area contributed by atoms with E-state index in [1.807, 2.05) is 0 Å². The van der Waals surface area contributed by atoms with Gasteiger partial charge in [0, 0.05) is 6.07 Å². The van der Waals surface area contributed by atoms with Crippen molar-refractivity contribution in [1.29, 1.82) is 0 Å². The molecule has 1 aromatic rings. The third kappa shape index (κ3) is 2.70. The zero-order chi connectivity index (χ0) is 12.3. The molecule has 4 nitrogen and oxygen atoms in total. The maximum Gasteiger partial charge on any atom is 0.309 e. The van der Waals surface area contributed by atoms with Crippen LogP contribution >= 0.6 is 0 Å². The molecular formula is C13H16O4. The Balaban J connectivity index is 2.17. The summed E-state index contributed by atoms with van der Waals surface area (Å²) in [5.74, 6) is 0.521. The monoisotopic (exact) mass is 236 g/mol. The number of hydrogen-bond donors (Lipinski definition) is 1. The molecule has 0 spiro atoms. The van der Waals surface area contributed by atoms with E-state index in [-0.39, 0.29) is 17.6 Å². The van der Waals surface area contributed by atoms with Crippen LogP contribution in [-0.2, 0) is 16.0 Å². The highest BCUT2D eigenvalue weighted by Gasteiger charge is 2.24. The van der Waals surface area contributed by atoms with Crippen molar-refractivity contribution in [3.05, 3.63) is 23.8 Å².